The molecular weight excluding hydrogens is 322 g/mol. The fraction of sp³-hybridized carbons (Fsp3) is 0.286. The molecule has 1 aromatic carbocycles. The van der Waals surface area contributed by atoms with Gasteiger partial charge in [0.05, 0.1) is 4.90 Å². The molecule has 0 aliphatic heterocycles. The summed E-state index contributed by atoms with van der Waals surface area (Å²) in [6, 6.07) is 8.25. The van der Waals surface area contributed by atoms with Gasteiger partial charge in [-0.25, -0.2) is 17.5 Å². The quantitative estimate of drug-likeness (QED) is 0.836. The number of aromatic nitrogens is 1. The molecule has 116 valence electrons. The van der Waals surface area contributed by atoms with Crippen LogP contribution in [0.3, 0.4) is 0 Å². The topological polar surface area (TPSA) is 88.2 Å². The monoisotopic (exact) mass is 337 g/mol. The Morgan fingerprint density at radius 2 is 1.95 bits per heavy atom. The van der Waals surface area contributed by atoms with Crippen LogP contribution in [0.25, 0.3) is 0 Å². The lowest BCUT2D eigenvalue weighted by molar-refractivity contribution is 0.0955. The number of nitrogens with one attached hydrogen (secondary N) is 2. The fourth-order valence-corrected chi connectivity index (χ4v) is 3.69. The number of hydrogen-bond acceptors (Lipinski definition) is 5. The average Bonchev–Trinajstić information content (AvgIpc) is 3.14. The Morgan fingerprint density at radius 3 is 2.55 bits per heavy atom. The van der Waals surface area contributed by atoms with Crippen LogP contribution in [-0.2, 0) is 16.6 Å². The summed E-state index contributed by atoms with van der Waals surface area (Å²) in [7, 11) is -3.42. The molecular formula is C14H15N3O3S2. The van der Waals surface area contributed by atoms with Crippen molar-refractivity contribution in [3.8, 4) is 0 Å². The van der Waals surface area contributed by atoms with Crippen LogP contribution in [0.1, 0.15) is 28.1 Å². The Labute approximate surface area is 132 Å². The summed E-state index contributed by atoms with van der Waals surface area (Å²) in [4.78, 5) is 12.6. The van der Waals surface area contributed by atoms with Gasteiger partial charge < -0.3 is 5.32 Å². The fourth-order valence-electron chi connectivity index (χ4n) is 1.88. The molecule has 0 radical (unpaired) electrons. The van der Waals surface area contributed by atoms with Crippen LogP contribution in [0.5, 0.6) is 0 Å². The highest BCUT2D eigenvalue weighted by Gasteiger charge is 2.27. The summed E-state index contributed by atoms with van der Waals surface area (Å²) in [6.45, 7) is 0.340. The molecule has 22 heavy (non-hydrogen) atoms. The van der Waals surface area contributed by atoms with Gasteiger partial charge in [-0.2, -0.15) is 0 Å². The van der Waals surface area contributed by atoms with Crippen molar-refractivity contribution in [2.75, 3.05) is 0 Å². The SMILES string of the molecule is O=C(NCc1ccc(S(=O)(=O)NC2CC2)cc1)c1ccns1. The van der Waals surface area contributed by atoms with E-state index in [-0.39, 0.29) is 16.8 Å². The van der Waals surface area contributed by atoms with E-state index in [1.165, 1.54) is 0 Å². The summed E-state index contributed by atoms with van der Waals surface area (Å²) in [5.41, 5.74) is 0.836. The van der Waals surface area contributed by atoms with E-state index in [2.05, 4.69) is 14.4 Å². The molecule has 1 aliphatic rings. The predicted molar refractivity (Wildman–Crippen MR) is 83.1 cm³/mol. The highest BCUT2D eigenvalue weighted by Crippen LogP contribution is 2.22. The molecule has 1 heterocycles. The molecule has 2 N–H and O–H groups in total. The molecule has 0 bridgehead atoms. The van der Waals surface area contributed by atoms with Crippen molar-refractivity contribution in [3.63, 3.8) is 0 Å². The number of sulfonamides is 1. The maximum absolute atomic E-state index is 12.0. The van der Waals surface area contributed by atoms with Crippen LogP contribution in [0.2, 0.25) is 0 Å². The third kappa shape index (κ3) is 3.70. The van der Waals surface area contributed by atoms with Crippen molar-refractivity contribution in [2.45, 2.75) is 30.3 Å². The summed E-state index contributed by atoms with van der Waals surface area (Å²) >= 11 is 1.13. The van der Waals surface area contributed by atoms with E-state index >= 15 is 0 Å². The van der Waals surface area contributed by atoms with Gasteiger partial charge in [-0.15, -0.1) is 0 Å². The summed E-state index contributed by atoms with van der Waals surface area (Å²) in [6.07, 6.45) is 3.38. The first-order chi connectivity index (χ1) is 10.5. The van der Waals surface area contributed by atoms with Crippen LogP contribution < -0.4 is 10.0 Å². The third-order valence-corrected chi connectivity index (χ3v) is 5.53. The zero-order valence-electron chi connectivity index (χ0n) is 11.7. The van der Waals surface area contributed by atoms with Gasteiger partial charge in [-0.05, 0) is 48.1 Å². The Bertz CT molecular complexity index is 751. The van der Waals surface area contributed by atoms with Crippen molar-refractivity contribution >= 4 is 27.5 Å². The summed E-state index contributed by atoms with van der Waals surface area (Å²) in [5.74, 6) is -0.186. The van der Waals surface area contributed by atoms with Gasteiger partial charge in [0, 0.05) is 18.8 Å². The molecule has 0 saturated heterocycles. The summed E-state index contributed by atoms with van der Waals surface area (Å²) in [5, 5.41) is 2.77. The summed E-state index contributed by atoms with van der Waals surface area (Å²) < 4.78 is 30.6. The van der Waals surface area contributed by atoms with Gasteiger partial charge >= 0.3 is 0 Å². The minimum absolute atomic E-state index is 0.0865. The first kappa shape index (κ1) is 15.1. The second-order valence-electron chi connectivity index (χ2n) is 5.10. The molecule has 6 nitrogen and oxygen atoms in total. The Kier molecular flexibility index (Phi) is 4.23. The molecule has 0 unspecified atom stereocenters. The van der Waals surface area contributed by atoms with Gasteiger partial charge in [0.15, 0.2) is 0 Å². The molecule has 1 fully saturated rings. The van der Waals surface area contributed by atoms with Crippen molar-refractivity contribution in [1.29, 1.82) is 0 Å². The number of benzene rings is 1. The first-order valence-electron chi connectivity index (χ1n) is 6.85. The minimum atomic E-state index is -3.42. The van der Waals surface area contributed by atoms with E-state index in [9.17, 15) is 13.2 Å². The van der Waals surface area contributed by atoms with E-state index in [4.69, 9.17) is 0 Å². The number of nitrogens with zero attached hydrogens (tertiary/aromatic N) is 1. The van der Waals surface area contributed by atoms with Crippen molar-refractivity contribution in [1.82, 2.24) is 14.4 Å². The lowest BCUT2D eigenvalue weighted by atomic mass is 10.2. The minimum Gasteiger partial charge on any atom is -0.347 e. The second-order valence-corrected chi connectivity index (χ2v) is 7.65. The molecule has 8 heteroatoms. The Morgan fingerprint density at radius 1 is 1.23 bits per heavy atom. The molecule has 0 spiro atoms. The lowest BCUT2D eigenvalue weighted by Gasteiger charge is -2.07. The number of rotatable bonds is 6. The number of carbonyl (C=O) groups excluding carboxylic acids is 1. The van der Waals surface area contributed by atoms with Crippen LogP contribution in [-0.4, -0.2) is 24.7 Å². The molecule has 1 saturated carbocycles. The maximum Gasteiger partial charge on any atom is 0.263 e. The highest BCUT2D eigenvalue weighted by atomic mass is 32.2. The van der Waals surface area contributed by atoms with Crippen LogP contribution >= 0.6 is 11.5 Å². The molecule has 1 aromatic heterocycles. The third-order valence-electron chi connectivity index (χ3n) is 3.25. The van der Waals surface area contributed by atoms with E-state index < -0.39 is 10.0 Å². The molecule has 1 amide bonds. The van der Waals surface area contributed by atoms with Crippen LogP contribution in [0.15, 0.2) is 41.4 Å². The van der Waals surface area contributed by atoms with Gasteiger partial charge in [-0.1, -0.05) is 12.1 Å². The zero-order chi connectivity index (χ0) is 15.6. The predicted octanol–water partition coefficient (Wildman–Crippen LogP) is 1.51. The van der Waals surface area contributed by atoms with Gasteiger partial charge in [0.25, 0.3) is 5.91 Å². The standard InChI is InChI=1S/C14H15N3O3S2/c18-14(13-7-8-16-21-13)15-9-10-1-5-12(6-2-10)22(19,20)17-11-3-4-11/h1-2,5-8,11,17H,3-4,9H2,(H,15,18). The zero-order valence-corrected chi connectivity index (χ0v) is 13.3. The van der Waals surface area contributed by atoms with Gasteiger partial charge in [0.2, 0.25) is 10.0 Å². The molecule has 2 aromatic rings. The molecule has 0 atom stereocenters. The van der Waals surface area contributed by atoms with Crippen LogP contribution in [0, 0.1) is 0 Å². The van der Waals surface area contributed by atoms with E-state index in [1.807, 2.05) is 0 Å². The van der Waals surface area contributed by atoms with Crippen molar-refractivity contribution < 1.29 is 13.2 Å². The molecule has 1 aliphatic carbocycles. The second kappa shape index (κ2) is 6.15. The number of carbonyl (C=O) groups is 1. The van der Waals surface area contributed by atoms with E-state index in [0.29, 0.717) is 11.4 Å². The largest absolute Gasteiger partial charge is 0.347 e. The normalized spacial score (nSPS) is 14.7. The number of amides is 1. The smallest absolute Gasteiger partial charge is 0.263 e. The van der Waals surface area contributed by atoms with Gasteiger partial charge in [-0.3, -0.25) is 4.79 Å². The van der Waals surface area contributed by atoms with Crippen molar-refractivity contribution in [2.24, 2.45) is 0 Å². The number of hydrogen-bond donors (Lipinski definition) is 2. The maximum atomic E-state index is 12.0. The van der Waals surface area contributed by atoms with Gasteiger partial charge in [0.1, 0.15) is 4.88 Å². The first-order valence-corrected chi connectivity index (χ1v) is 9.10. The van der Waals surface area contributed by atoms with Crippen molar-refractivity contribution in [3.05, 3.63) is 47.0 Å². The van der Waals surface area contributed by atoms with E-state index in [1.54, 1.807) is 36.5 Å². The highest BCUT2D eigenvalue weighted by molar-refractivity contribution is 7.89. The Hall–Kier alpha value is -1.77. The van der Waals surface area contributed by atoms with Crippen LogP contribution in [0.4, 0.5) is 0 Å². The lowest BCUT2D eigenvalue weighted by Crippen LogP contribution is -2.25. The Balaban J connectivity index is 1.60. The average molecular weight is 337 g/mol. The van der Waals surface area contributed by atoms with E-state index in [0.717, 1.165) is 29.9 Å². The molecule has 3 rings (SSSR count).